The Bertz CT molecular complexity index is 121. The minimum absolute atomic E-state index is 0.0416. The second-order valence-electron chi connectivity index (χ2n) is 2.95. The van der Waals surface area contributed by atoms with Gasteiger partial charge < -0.3 is 4.74 Å². The fraction of sp³-hybridized carbons (Fsp3) is 0.889. The standard InChI is InChI=1S/C9H18O2/c1-5-6-9(10)7(2)8(3)11-4/h7-8H,5-6H2,1-4H3. The molecule has 66 valence electrons. The topological polar surface area (TPSA) is 26.3 Å². The van der Waals surface area contributed by atoms with E-state index < -0.39 is 0 Å². The van der Waals surface area contributed by atoms with Crippen molar-refractivity contribution in [3.05, 3.63) is 0 Å². The summed E-state index contributed by atoms with van der Waals surface area (Å²) in [5.41, 5.74) is 0. The van der Waals surface area contributed by atoms with Crippen LogP contribution in [0, 0.1) is 5.92 Å². The van der Waals surface area contributed by atoms with Crippen molar-refractivity contribution in [2.45, 2.75) is 39.7 Å². The molecule has 0 fully saturated rings. The minimum atomic E-state index is 0.0416. The van der Waals surface area contributed by atoms with Gasteiger partial charge in [0.25, 0.3) is 0 Å². The Balaban J connectivity index is 3.80. The molecule has 0 N–H and O–H groups in total. The molecule has 0 amide bonds. The van der Waals surface area contributed by atoms with Gasteiger partial charge in [-0.25, -0.2) is 0 Å². The van der Waals surface area contributed by atoms with E-state index in [1.54, 1.807) is 7.11 Å². The van der Waals surface area contributed by atoms with E-state index in [9.17, 15) is 4.79 Å². The molecule has 0 heterocycles. The maximum absolute atomic E-state index is 11.3. The SMILES string of the molecule is CCCC(=O)C(C)C(C)OC. The van der Waals surface area contributed by atoms with Crippen LogP contribution in [0.15, 0.2) is 0 Å². The van der Waals surface area contributed by atoms with Gasteiger partial charge in [0, 0.05) is 19.4 Å². The number of ketones is 1. The molecule has 0 saturated carbocycles. The van der Waals surface area contributed by atoms with Crippen LogP contribution in [-0.2, 0) is 9.53 Å². The molecular formula is C9H18O2. The molecule has 0 rings (SSSR count). The third kappa shape index (κ3) is 3.51. The summed E-state index contributed by atoms with van der Waals surface area (Å²) < 4.78 is 5.06. The third-order valence-electron chi connectivity index (χ3n) is 2.08. The first kappa shape index (κ1) is 10.6. The average molecular weight is 158 g/mol. The van der Waals surface area contributed by atoms with Crippen LogP contribution in [0.25, 0.3) is 0 Å². The fourth-order valence-electron chi connectivity index (χ4n) is 0.940. The van der Waals surface area contributed by atoms with Crippen LogP contribution in [-0.4, -0.2) is 19.0 Å². The van der Waals surface area contributed by atoms with Crippen molar-refractivity contribution in [2.75, 3.05) is 7.11 Å². The lowest BCUT2D eigenvalue weighted by Crippen LogP contribution is -2.24. The molecule has 0 saturated heterocycles. The second kappa shape index (κ2) is 5.30. The van der Waals surface area contributed by atoms with Gasteiger partial charge in [-0.3, -0.25) is 4.79 Å². The Labute approximate surface area is 68.9 Å². The first-order valence-electron chi connectivity index (χ1n) is 4.19. The van der Waals surface area contributed by atoms with Crippen molar-refractivity contribution in [3.63, 3.8) is 0 Å². The molecule has 2 heteroatoms. The van der Waals surface area contributed by atoms with Crippen LogP contribution < -0.4 is 0 Å². The van der Waals surface area contributed by atoms with Crippen LogP contribution >= 0.6 is 0 Å². The number of hydrogen-bond acceptors (Lipinski definition) is 2. The summed E-state index contributed by atoms with van der Waals surface area (Å²) >= 11 is 0. The monoisotopic (exact) mass is 158 g/mol. The van der Waals surface area contributed by atoms with Gasteiger partial charge in [0.2, 0.25) is 0 Å². The lowest BCUT2D eigenvalue weighted by molar-refractivity contribution is -0.126. The molecule has 0 spiro atoms. The zero-order chi connectivity index (χ0) is 8.85. The number of carbonyl (C=O) groups excluding carboxylic acids is 1. The highest BCUT2D eigenvalue weighted by molar-refractivity contribution is 5.81. The summed E-state index contributed by atoms with van der Waals surface area (Å²) in [6.45, 7) is 5.87. The van der Waals surface area contributed by atoms with Crippen LogP contribution in [0.5, 0.6) is 0 Å². The first-order chi connectivity index (χ1) is 5.13. The summed E-state index contributed by atoms with van der Waals surface area (Å²) in [4.78, 5) is 11.3. The molecule has 0 bridgehead atoms. The lowest BCUT2D eigenvalue weighted by Gasteiger charge is -2.16. The van der Waals surface area contributed by atoms with Crippen LogP contribution in [0.4, 0.5) is 0 Å². The zero-order valence-corrected chi connectivity index (χ0v) is 7.89. The molecule has 0 radical (unpaired) electrons. The van der Waals surface area contributed by atoms with Gasteiger partial charge in [0.15, 0.2) is 0 Å². The Morgan fingerprint density at radius 1 is 1.45 bits per heavy atom. The van der Waals surface area contributed by atoms with Crippen molar-refractivity contribution in [1.82, 2.24) is 0 Å². The number of methoxy groups -OCH3 is 1. The Morgan fingerprint density at radius 2 is 2.00 bits per heavy atom. The third-order valence-corrected chi connectivity index (χ3v) is 2.08. The van der Waals surface area contributed by atoms with Gasteiger partial charge >= 0.3 is 0 Å². The fourth-order valence-corrected chi connectivity index (χ4v) is 0.940. The summed E-state index contributed by atoms with van der Waals surface area (Å²) in [5, 5.41) is 0. The Kier molecular flexibility index (Phi) is 5.12. The van der Waals surface area contributed by atoms with E-state index in [0.717, 1.165) is 6.42 Å². The molecule has 0 aromatic heterocycles. The number of ether oxygens (including phenoxy) is 1. The molecule has 2 nitrogen and oxygen atoms in total. The molecule has 0 aliphatic heterocycles. The average Bonchev–Trinajstić information content (AvgIpc) is 2.02. The minimum Gasteiger partial charge on any atom is -0.381 e. The summed E-state index contributed by atoms with van der Waals surface area (Å²) in [5.74, 6) is 0.349. The van der Waals surface area contributed by atoms with Crippen LogP contribution in [0.1, 0.15) is 33.6 Å². The van der Waals surface area contributed by atoms with E-state index in [1.165, 1.54) is 0 Å². The zero-order valence-electron chi connectivity index (χ0n) is 7.89. The highest BCUT2D eigenvalue weighted by Gasteiger charge is 2.18. The van der Waals surface area contributed by atoms with Gasteiger partial charge in [-0.15, -0.1) is 0 Å². The van der Waals surface area contributed by atoms with Gasteiger partial charge in [-0.1, -0.05) is 13.8 Å². The highest BCUT2D eigenvalue weighted by atomic mass is 16.5. The van der Waals surface area contributed by atoms with Gasteiger partial charge in [-0.2, -0.15) is 0 Å². The lowest BCUT2D eigenvalue weighted by atomic mass is 9.98. The predicted molar refractivity (Wildman–Crippen MR) is 45.6 cm³/mol. The molecule has 2 unspecified atom stereocenters. The normalized spacial score (nSPS) is 16.0. The summed E-state index contributed by atoms with van der Waals surface area (Å²) in [6, 6.07) is 0. The summed E-state index contributed by atoms with van der Waals surface area (Å²) in [7, 11) is 1.64. The smallest absolute Gasteiger partial charge is 0.138 e. The van der Waals surface area contributed by atoms with E-state index in [2.05, 4.69) is 0 Å². The van der Waals surface area contributed by atoms with Crippen molar-refractivity contribution in [3.8, 4) is 0 Å². The maximum Gasteiger partial charge on any atom is 0.138 e. The van der Waals surface area contributed by atoms with E-state index in [0.29, 0.717) is 12.2 Å². The Morgan fingerprint density at radius 3 is 2.36 bits per heavy atom. The van der Waals surface area contributed by atoms with Gasteiger partial charge in [-0.05, 0) is 13.3 Å². The highest BCUT2D eigenvalue weighted by Crippen LogP contribution is 2.10. The largest absolute Gasteiger partial charge is 0.381 e. The quantitative estimate of drug-likeness (QED) is 0.612. The number of carbonyl (C=O) groups is 1. The van der Waals surface area contributed by atoms with Crippen molar-refractivity contribution < 1.29 is 9.53 Å². The van der Waals surface area contributed by atoms with Gasteiger partial charge in [0.05, 0.1) is 6.10 Å². The first-order valence-corrected chi connectivity index (χ1v) is 4.19. The maximum atomic E-state index is 11.3. The predicted octanol–water partition coefficient (Wildman–Crippen LogP) is 2.03. The van der Waals surface area contributed by atoms with E-state index in [1.807, 2.05) is 20.8 Å². The van der Waals surface area contributed by atoms with Crippen molar-refractivity contribution in [2.24, 2.45) is 5.92 Å². The molecule has 0 aliphatic carbocycles. The second-order valence-corrected chi connectivity index (χ2v) is 2.95. The molecule has 0 aliphatic rings. The van der Waals surface area contributed by atoms with Crippen LogP contribution in [0.3, 0.4) is 0 Å². The molecule has 11 heavy (non-hydrogen) atoms. The Hall–Kier alpha value is -0.370. The number of rotatable bonds is 5. The molecule has 2 atom stereocenters. The molecular weight excluding hydrogens is 140 g/mol. The van der Waals surface area contributed by atoms with Gasteiger partial charge in [0.1, 0.15) is 5.78 Å². The number of hydrogen-bond donors (Lipinski definition) is 0. The van der Waals surface area contributed by atoms with E-state index >= 15 is 0 Å². The molecule has 0 aromatic carbocycles. The van der Waals surface area contributed by atoms with Crippen molar-refractivity contribution >= 4 is 5.78 Å². The van der Waals surface area contributed by atoms with Crippen LogP contribution in [0.2, 0.25) is 0 Å². The van der Waals surface area contributed by atoms with E-state index in [4.69, 9.17) is 4.74 Å². The van der Waals surface area contributed by atoms with E-state index in [-0.39, 0.29) is 12.0 Å². The number of Topliss-reactive ketones (excluding diaryl/α,β-unsaturated/α-hetero) is 1. The molecule has 0 aromatic rings. The van der Waals surface area contributed by atoms with Crippen molar-refractivity contribution in [1.29, 1.82) is 0 Å². The summed E-state index contributed by atoms with van der Waals surface area (Å²) in [6.07, 6.45) is 1.66.